The highest BCUT2D eigenvalue weighted by molar-refractivity contribution is 7.86. The molecule has 0 saturated carbocycles. The molecule has 22 heavy (non-hydrogen) atoms. The van der Waals surface area contributed by atoms with Crippen LogP contribution in [0.1, 0.15) is 38.3 Å². The lowest BCUT2D eigenvalue weighted by atomic mass is 10.1. The molecule has 0 aromatic carbocycles. The topological polar surface area (TPSA) is 62.7 Å². The van der Waals surface area contributed by atoms with E-state index in [1.165, 1.54) is 0 Å². The standard InChI is InChI=1S/C15H23N3O3S/c1-12-10-17(11-13(2)21-12)22(19,20)18-9-3-4-15(18)14-5-7-16-8-6-14/h5-8,12-13,15H,3-4,9-11H2,1-2H3. The zero-order valence-corrected chi connectivity index (χ0v) is 13.9. The van der Waals surface area contributed by atoms with Crippen LogP contribution < -0.4 is 0 Å². The van der Waals surface area contributed by atoms with Crippen LogP contribution in [0.4, 0.5) is 0 Å². The van der Waals surface area contributed by atoms with Crippen LogP contribution in [-0.2, 0) is 14.9 Å². The van der Waals surface area contributed by atoms with E-state index in [1.54, 1.807) is 21.0 Å². The SMILES string of the molecule is CC1CN(S(=O)(=O)N2CCCC2c2ccncc2)CC(C)O1. The normalized spacial score (nSPS) is 31.5. The van der Waals surface area contributed by atoms with Crippen LogP contribution in [0.5, 0.6) is 0 Å². The molecule has 3 heterocycles. The molecule has 1 aromatic heterocycles. The summed E-state index contributed by atoms with van der Waals surface area (Å²) in [5.41, 5.74) is 1.02. The van der Waals surface area contributed by atoms with Crippen molar-refractivity contribution >= 4 is 10.2 Å². The Labute approximate surface area is 132 Å². The van der Waals surface area contributed by atoms with Crippen molar-refractivity contribution in [1.82, 2.24) is 13.6 Å². The third-order valence-corrected chi connectivity index (χ3v) is 6.28. The van der Waals surface area contributed by atoms with Gasteiger partial charge < -0.3 is 4.74 Å². The number of ether oxygens (including phenoxy) is 1. The third-order valence-electron chi connectivity index (χ3n) is 4.30. The van der Waals surface area contributed by atoms with Crippen LogP contribution >= 0.6 is 0 Å². The van der Waals surface area contributed by atoms with Gasteiger partial charge in [0.05, 0.1) is 18.2 Å². The number of morpholine rings is 1. The molecule has 2 aliphatic rings. The van der Waals surface area contributed by atoms with E-state index in [0.717, 1.165) is 18.4 Å². The number of aromatic nitrogens is 1. The summed E-state index contributed by atoms with van der Waals surface area (Å²) in [4.78, 5) is 4.02. The zero-order valence-electron chi connectivity index (χ0n) is 13.1. The Morgan fingerprint density at radius 2 is 1.82 bits per heavy atom. The minimum atomic E-state index is -3.46. The fraction of sp³-hybridized carbons (Fsp3) is 0.667. The molecule has 0 radical (unpaired) electrons. The van der Waals surface area contributed by atoms with Crippen molar-refractivity contribution in [3.8, 4) is 0 Å². The van der Waals surface area contributed by atoms with Gasteiger partial charge in [-0.15, -0.1) is 0 Å². The highest BCUT2D eigenvalue weighted by atomic mass is 32.2. The van der Waals surface area contributed by atoms with Crippen molar-refractivity contribution in [3.05, 3.63) is 30.1 Å². The predicted octanol–water partition coefficient (Wildman–Crippen LogP) is 1.57. The summed E-state index contributed by atoms with van der Waals surface area (Å²) in [7, 11) is -3.46. The lowest BCUT2D eigenvalue weighted by Crippen LogP contribution is -2.52. The maximum atomic E-state index is 13.0. The molecule has 0 aliphatic carbocycles. The van der Waals surface area contributed by atoms with Crippen molar-refractivity contribution in [2.75, 3.05) is 19.6 Å². The van der Waals surface area contributed by atoms with Gasteiger partial charge in [0.1, 0.15) is 0 Å². The maximum Gasteiger partial charge on any atom is 0.282 e. The van der Waals surface area contributed by atoms with Gasteiger partial charge in [-0.3, -0.25) is 4.98 Å². The van der Waals surface area contributed by atoms with E-state index in [4.69, 9.17) is 4.74 Å². The smallest absolute Gasteiger partial charge is 0.282 e. The molecule has 3 rings (SSSR count). The number of hydrogen-bond donors (Lipinski definition) is 0. The van der Waals surface area contributed by atoms with Crippen LogP contribution in [0.25, 0.3) is 0 Å². The largest absolute Gasteiger partial charge is 0.373 e. The summed E-state index contributed by atoms with van der Waals surface area (Å²) in [6.45, 7) is 5.26. The monoisotopic (exact) mass is 325 g/mol. The molecule has 3 atom stereocenters. The Bertz CT molecular complexity index is 598. The molecule has 1 aromatic rings. The summed E-state index contributed by atoms with van der Waals surface area (Å²) in [6.07, 6.45) is 5.05. The van der Waals surface area contributed by atoms with Crippen molar-refractivity contribution in [1.29, 1.82) is 0 Å². The molecule has 3 unspecified atom stereocenters. The molecule has 0 spiro atoms. The summed E-state index contributed by atoms with van der Waals surface area (Å²) < 4.78 is 35.0. The summed E-state index contributed by atoms with van der Waals surface area (Å²) in [5, 5.41) is 0. The number of pyridine rings is 1. The van der Waals surface area contributed by atoms with E-state index in [-0.39, 0.29) is 18.2 Å². The van der Waals surface area contributed by atoms with Gasteiger partial charge in [-0.2, -0.15) is 17.0 Å². The zero-order chi connectivity index (χ0) is 15.7. The van der Waals surface area contributed by atoms with Crippen molar-refractivity contribution in [3.63, 3.8) is 0 Å². The second-order valence-electron chi connectivity index (χ2n) is 6.13. The summed E-state index contributed by atoms with van der Waals surface area (Å²) >= 11 is 0. The van der Waals surface area contributed by atoms with E-state index < -0.39 is 10.2 Å². The summed E-state index contributed by atoms with van der Waals surface area (Å²) in [6, 6.07) is 3.73. The van der Waals surface area contributed by atoms with E-state index in [0.29, 0.717) is 19.6 Å². The van der Waals surface area contributed by atoms with Gasteiger partial charge in [-0.05, 0) is 44.4 Å². The van der Waals surface area contributed by atoms with Crippen LogP contribution in [-0.4, -0.2) is 53.9 Å². The molecule has 2 fully saturated rings. The van der Waals surface area contributed by atoms with Crippen LogP contribution in [0, 0.1) is 0 Å². The van der Waals surface area contributed by atoms with Gasteiger partial charge in [0, 0.05) is 32.0 Å². The molecular formula is C15H23N3O3S. The van der Waals surface area contributed by atoms with Crippen molar-refractivity contribution in [2.45, 2.75) is 44.9 Å². The Morgan fingerprint density at radius 3 is 2.45 bits per heavy atom. The van der Waals surface area contributed by atoms with Gasteiger partial charge in [0.2, 0.25) is 0 Å². The Hall–Kier alpha value is -1.02. The first kappa shape index (κ1) is 15.9. The quantitative estimate of drug-likeness (QED) is 0.846. The van der Waals surface area contributed by atoms with Crippen LogP contribution in [0.3, 0.4) is 0 Å². The Kier molecular flexibility index (Phi) is 4.49. The van der Waals surface area contributed by atoms with Gasteiger partial charge in [-0.1, -0.05) is 0 Å². The first-order valence-corrected chi connectivity index (χ1v) is 9.20. The molecule has 0 amide bonds. The van der Waals surface area contributed by atoms with E-state index in [1.807, 2.05) is 26.0 Å². The summed E-state index contributed by atoms with van der Waals surface area (Å²) in [5.74, 6) is 0. The molecule has 7 heteroatoms. The van der Waals surface area contributed by atoms with Gasteiger partial charge in [0.15, 0.2) is 0 Å². The Morgan fingerprint density at radius 1 is 1.18 bits per heavy atom. The van der Waals surface area contributed by atoms with E-state index in [9.17, 15) is 8.42 Å². The van der Waals surface area contributed by atoms with Gasteiger partial charge in [0.25, 0.3) is 10.2 Å². The molecule has 0 N–H and O–H groups in total. The molecule has 2 aliphatic heterocycles. The molecule has 0 bridgehead atoms. The number of hydrogen-bond acceptors (Lipinski definition) is 4. The molecule has 6 nitrogen and oxygen atoms in total. The van der Waals surface area contributed by atoms with Gasteiger partial charge in [-0.25, -0.2) is 0 Å². The first-order valence-electron chi connectivity index (χ1n) is 7.81. The Balaban J connectivity index is 1.85. The first-order chi connectivity index (χ1) is 10.5. The van der Waals surface area contributed by atoms with E-state index >= 15 is 0 Å². The molecular weight excluding hydrogens is 302 g/mol. The van der Waals surface area contributed by atoms with Crippen LogP contribution in [0.2, 0.25) is 0 Å². The fourth-order valence-electron chi connectivity index (χ4n) is 3.40. The van der Waals surface area contributed by atoms with Gasteiger partial charge >= 0.3 is 0 Å². The lowest BCUT2D eigenvalue weighted by Gasteiger charge is -2.37. The minimum absolute atomic E-state index is 0.0690. The molecule has 2 saturated heterocycles. The van der Waals surface area contributed by atoms with E-state index in [2.05, 4.69) is 4.98 Å². The lowest BCUT2D eigenvalue weighted by molar-refractivity contribution is -0.0455. The van der Waals surface area contributed by atoms with Crippen molar-refractivity contribution in [2.24, 2.45) is 0 Å². The molecule has 122 valence electrons. The average Bonchev–Trinajstić information content (AvgIpc) is 2.97. The third kappa shape index (κ3) is 3.03. The highest BCUT2D eigenvalue weighted by Gasteiger charge is 2.41. The highest BCUT2D eigenvalue weighted by Crippen LogP contribution is 2.35. The van der Waals surface area contributed by atoms with Crippen molar-refractivity contribution < 1.29 is 13.2 Å². The maximum absolute atomic E-state index is 13.0. The second kappa shape index (κ2) is 6.23. The van der Waals surface area contributed by atoms with Crippen LogP contribution in [0.15, 0.2) is 24.5 Å². The number of rotatable bonds is 3. The number of nitrogens with zero attached hydrogens (tertiary/aromatic N) is 3. The average molecular weight is 325 g/mol. The minimum Gasteiger partial charge on any atom is -0.373 e. The fourth-order valence-corrected chi connectivity index (χ4v) is 5.40. The second-order valence-corrected chi connectivity index (χ2v) is 8.01. The predicted molar refractivity (Wildman–Crippen MR) is 83.4 cm³/mol.